The monoisotopic (exact) mass is 398 g/mol. The summed E-state index contributed by atoms with van der Waals surface area (Å²) in [7, 11) is 0. The van der Waals surface area contributed by atoms with E-state index in [1.807, 2.05) is 18.2 Å². The van der Waals surface area contributed by atoms with E-state index in [9.17, 15) is 9.50 Å². The van der Waals surface area contributed by atoms with Crippen LogP contribution in [-0.2, 0) is 0 Å². The molecule has 0 heterocycles. The van der Waals surface area contributed by atoms with Crippen LogP contribution in [0.25, 0.3) is 22.3 Å². The molecule has 0 aliphatic rings. The first-order valence-corrected chi connectivity index (χ1v) is 9.32. The third-order valence-electron chi connectivity index (χ3n) is 4.29. The van der Waals surface area contributed by atoms with Crippen molar-refractivity contribution in [2.45, 2.75) is 6.42 Å². The van der Waals surface area contributed by atoms with Crippen LogP contribution in [0.15, 0.2) is 60.7 Å². The van der Waals surface area contributed by atoms with Crippen LogP contribution in [0.2, 0.25) is 0 Å². The summed E-state index contributed by atoms with van der Waals surface area (Å²) in [5, 5.41) is 27.8. The van der Waals surface area contributed by atoms with E-state index in [0.717, 1.165) is 11.1 Å². The van der Waals surface area contributed by atoms with Crippen LogP contribution in [0.4, 0.5) is 4.39 Å². The van der Waals surface area contributed by atoms with Gasteiger partial charge in [0.05, 0.1) is 13.2 Å². The minimum Gasteiger partial charge on any atom is -0.508 e. The van der Waals surface area contributed by atoms with Gasteiger partial charge in [-0.1, -0.05) is 18.2 Å². The Balaban J connectivity index is 1.84. The van der Waals surface area contributed by atoms with E-state index in [2.05, 4.69) is 0 Å². The van der Waals surface area contributed by atoms with Crippen molar-refractivity contribution in [2.24, 2.45) is 0 Å². The summed E-state index contributed by atoms with van der Waals surface area (Å²) < 4.78 is 25.0. The molecule has 0 aliphatic carbocycles. The first-order valence-electron chi connectivity index (χ1n) is 9.32. The maximum atomic E-state index is 14.4. The quantitative estimate of drug-likeness (QED) is 0.475. The van der Waals surface area contributed by atoms with Crippen molar-refractivity contribution in [3.63, 3.8) is 0 Å². The van der Waals surface area contributed by atoms with Gasteiger partial charge in [-0.25, -0.2) is 4.39 Å². The van der Waals surface area contributed by atoms with Crippen molar-refractivity contribution in [1.82, 2.24) is 0 Å². The summed E-state index contributed by atoms with van der Waals surface area (Å²) in [6.07, 6.45) is 0.431. The summed E-state index contributed by atoms with van der Waals surface area (Å²) in [5.74, 6) is 0.334. The predicted molar refractivity (Wildman–Crippen MR) is 109 cm³/mol. The van der Waals surface area contributed by atoms with Crippen LogP contribution in [0.5, 0.6) is 17.2 Å². The normalized spacial score (nSPS) is 10.7. The number of benzene rings is 3. The average molecular weight is 398 g/mol. The number of phenols is 1. The molecule has 0 aromatic heterocycles. The van der Waals surface area contributed by atoms with Crippen molar-refractivity contribution in [2.75, 3.05) is 26.4 Å². The van der Waals surface area contributed by atoms with Crippen LogP contribution in [0.3, 0.4) is 0 Å². The molecule has 152 valence electrons. The van der Waals surface area contributed by atoms with Crippen LogP contribution < -0.4 is 9.47 Å². The van der Waals surface area contributed by atoms with Crippen LogP contribution in [-0.4, -0.2) is 41.7 Å². The molecule has 3 rings (SSSR count). The molecule has 5 nitrogen and oxygen atoms in total. The number of aromatic hydroxyl groups is 1. The Kier molecular flexibility index (Phi) is 7.05. The summed E-state index contributed by atoms with van der Waals surface area (Å²) in [4.78, 5) is 0. The number of rotatable bonds is 9. The van der Waals surface area contributed by atoms with Gasteiger partial charge in [0.1, 0.15) is 18.1 Å². The average Bonchev–Trinajstić information content (AvgIpc) is 2.73. The zero-order valence-electron chi connectivity index (χ0n) is 15.8. The van der Waals surface area contributed by atoms with Gasteiger partial charge in [-0.3, -0.25) is 0 Å². The number of hydrogen-bond donors (Lipinski definition) is 3. The lowest BCUT2D eigenvalue weighted by molar-refractivity contribution is 0.201. The van der Waals surface area contributed by atoms with Crippen LogP contribution in [0, 0.1) is 5.82 Å². The van der Waals surface area contributed by atoms with E-state index in [-0.39, 0.29) is 37.9 Å². The molecule has 6 heteroatoms. The second-order valence-corrected chi connectivity index (χ2v) is 6.44. The highest BCUT2D eigenvalue weighted by Gasteiger charge is 2.09. The maximum Gasteiger partial charge on any atom is 0.165 e. The molecule has 0 spiro atoms. The Bertz CT molecular complexity index is 940. The minimum atomic E-state index is -0.504. The number of ether oxygens (including phenoxy) is 2. The molecule has 3 aromatic rings. The van der Waals surface area contributed by atoms with Gasteiger partial charge in [0.25, 0.3) is 0 Å². The predicted octanol–water partition coefficient (Wildman–Crippen LogP) is 4.00. The summed E-state index contributed by atoms with van der Waals surface area (Å²) in [6.45, 7) is 0.391. The Morgan fingerprint density at radius 1 is 0.690 bits per heavy atom. The summed E-state index contributed by atoms with van der Waals surface area (Å²) >= 11 is 0. The van der Waals surface area contributed by atoms with E-state index in [1.54, 1.807) is 36.4 Å². The molecular weight excluding hydrogens is 375 g/mol. The third kappa shape index (κ3) is 5.47. The molecule has 0 saturated heterocycles. The first kappa shape index (κ1) is 20.6. The Morgan fingerprint density at radius 2 is 1.38 bits per heavy atom. The molecule has 3 N–H and O–H groups in total. The van der Waals surface area contributed by atoms with Gasteiger partial charge in [-0.15, -0.1) is 0 Å². The van der Waals surface area contributed by atoms with E-state index in [1.165, 1.54) is 6.07 Å². The lowest BCUT2D eigenvalue weighted by atomic mass is 9.98. The number of hydrogen-bond acceptors (Lipinski definition) is 5. The Hall–Kier alpha value is -3.09. The van der Waals surface area contributed by atoms with Crippen LogP contribution in [0.1, 0.15) is 6.42 Å². The largest absolute Gasteiger partial charge is 0.508 e. The highest BCUT2D eigenvalue weighted by atomic mass is 19.1. The van der Waals surface area contributed by atoms with E-state index in [4.69, 9.17) is 19.7 Å². The van der Waals surface area contributed by atoms with Crippen molar-refractivity contribution < 1.29 is 29.2 Å². The molecule has 0 saturated carbocycles. The SMILES string of the molecule is OCCCOc1ccc(-c2cc(O)cc(-c3ccc(OCCO)cc3)c2)cc1F. The fourth-order valence-electron chi connectivity index (χ4n) is 2.90. The first-order chi connectivity index (χ1) is 14.1. The van der Waals surface area contributed by atoms with Gasteiger partial charge in [-0.05, 0) is 64.7 Å². The van der Waals surface area contributed by atoms with E-state index >= 15 is 0 Å². The fraction of sp³-hybridized carbons (Fsp3) is 0.217. The van der Waals surface area contributed by atoms with E-state index in [0.29, 0.717) is 23.3 Å². The van der Waals surface area contributed by atoms with Gasteiger partial charge in [0, 0.05) is 13.0 Å². The lowest BCUT2D eigenvalue weighted by Crippen LogP contribution is -2.01. The Labute approximate surface area is 168 Å². The number of halogens is 1. The highest BCUT2D eigenvalue weighted by Crippen LogP contribution is 2.33. The molecule has 29 heavy (non-hydrogen) atoms. The second kappa shape index (κ2) is 9.91. The minimum absolute atomic E-state index is 0.0136. The number of phenolic OH excluding ortho intramolecular Hbond substituents is 1. The topological polar surface area (TPSA) is 79.2 Å². The molecule has 0 bridgehead atoms. The molecule has 0 radical (unpaired) electrons. The van der Waals surface area contributed by atoms with Crippen molar-refractivity contribution in [3.8, 4) is 39.5 Å². The van der Waals surface area contributed by atoms with Gasteiger partial charge in [0.15, 0.2) is 11.6 Å². The molecule has 0 aliphatic heterocycles. The standard InChI is InChI=1S/C23H23FO5/c24-22-15-17(4-7-23(22)29-10-1-8-25)19-12-18(13-20(27)14-19)16-2-5-21(6-3-16)28-11-9-26/h2-7,12-15,25-27H,1,8-11H2. The zero-order valence-corrected chi connectivity index (χ0v) is 15.8. The lowest BCUT2D eigenvalue weighted by Gasteiger charge is -2.11. The summed E-state index contributed by atoms with van der Waals surface area (Å²) in [6, 6.07) is 17.0. The van der Waals surface area contributed by atoms with Crippen molar-refractivity contribution in [1.29, 1.82) is 0 Å². The Morgan fingerprint density at radius 3 is 2.03 bits per heavy atom. The number of aliphatic hydroxyl groups is 2. The van der Waals surface area contributed by atoms with Crippen LogP contribution >= 0.6 is 0 Å². The highest BCUT2D eigenvalue weighted by molar-refractivity contribution is 5.75. The molecule has 3 aromatic carbocycles. The van der Waals surface area contributed by atoms with Gasteiger partial charge < -0.3 is 24.8 Å². The number of aliphatic hydroxyl groups excluding tert-OH is 2. The van der Waals surface area contributed by atoms with E-state index < -0.39 is 5.82 Å². The zero-order chi connectivity index (χ0) is 20.6. The molecular formula is C23H23FO5. The molecule has 0 atom stereocenters. The van der Waals surface area contributed by atoms with Gasteiger partial charge in [0.2, 0.25) is 0 Å². The molecule has 0 amide bonds. The van der Waals surface area contributed by atoms with Crippen molar-refractivity contribution in [3.05, 3.63) is 66.5 Å². The third-order valence-corrected chi connectivity index (χ3v) is 4.29. The second-order valence-electron chi connectivity index (χ2n) is 6.44. The van der Waals surface area contributed by atoms with Crippen molar-refractivity contribution >= 4 is 0 Å². The fourth-order valence-corrected chi connectivity index (χ4v) is 2.90. The van der Waals surface area contributed by atoms with Gasteiger partial charge >= 0.3 is 0 Å². The van der Waals surface area contributed by atoms with Gasteiger partial charge in [-0.2, -0.15) is 0 Å². The maximum absolute atomic E-state index is 14.4. The molecule has 0 unspecified atom stereocenters. The smallest absolute Gasteiger partial charge is 0.165 e. The summed E-state index contributed by atoms with van der Waals surface area (Å²) in [5.41, 5.74) is 2.92. The molecule has 0 fully saturated rings.